The third-order valence-electron chi connectivity index (χ3n) is 3.36. The smallest absolute Gasteiger partial charge is 0.200 e. The van der Waals surface area contributed by atoms with Gasteiger partial charge in [-0.05, 0) is 12.0 Å². The number of imidazole rings is 1. The van der Waals surface area contributed by atoms with E-state index in [2.05, 4.69) is 29.2 Å². The van der Waals surface area contributed by atoms with E-state index in [4.69, 9.17) is 5.73 Å². The van der Waals surface area contributed by atoms with Crippen LogP contribution in [-0.4, -0.2) is 9.55 Å². The number of nitrogens with two attached hydrogens (primary N) is 1. The zero-order valence-electron chi connectivity index (χ0n) is 11.2. The first kappa shape index (κ1) is 12.5. The lowest BCUT2D eigenvalue weighted by Gasteiger charge is -2.04. The van der Waals surface area contributed by atoms with E-state index in [1.807, 2.05) is 47.2 Å². The topological polar surface area (TPSA) is 43.8 Å². The number of aryl methyl sites for hydroxylation is 2. The largest absolute Gasteiger partial charge is 0.369 e. The minimum absolute atomic E-state index is 0.569. The van der Waals surface area contributed by atoms with E-state index in [0.29, 0.717) is 5.95 Å². The Morgan fingerprint density at radius 2 is 1.55 bits per heavy atom. The van der Waals surface area contributed by atoms with Gasteiger partial charge in [0.05, 0.1) is 5.69 Å². The molecule has 1 aromatic heterocycles. The van der Waals surface area contributed by atoms with Crippen molar-refractivity contribution in [3.8, 4) is 11.3 Å². The second-order valence-corrected chi connectivity index (χ2v) is 4.78. The van der Waals surface area contributed by atoms with Gasteiger partial charge in [0, 0.05) is 18.3 Å². The van der Waals surface area contributed by atoms with Gasteiger partial charge in [0.25, 0.3) is 0 Å². The fourth-order valence-electron chi connectivity index (χ4n) is 2.25. The molecule has 0 radical (unpaired) electrons. The van der Waals surface area contributed by atoms with Crippen LogP contribution < -0.4 is 5.73 Å². The number of nitrogens with zero attached hydrogens (tertiary/aromatic N) is 2. The van der Waals surface area contributed by atoms with Crippen molar-refractivity contribution in [1.29, 1.82) is 0 Å². The quantitative estimate of drug-likeness (QED) is 0.784. The van der Waals surface area contributed by atoms with Gasteiger partial charge in [-0.25, -0.2) is 4.98 Å². The fraction of sp³-hybridized carbons (Fsp3) is 0.118. The van der Waals surface area contributed by atoms with Crippen molar-refractivity contribution in [3.05, 3.63) is 72.4 Å². The molecular weight excluding hydrogens is 246 g/mol. The molecule has 0 bridgehead atoms. The number of nitrogen functional groups attached to an aromatic ring is 1. The number of hydrogen-bond acceptors (Lipinski definition) is 2. The summed E-state index contributed by atoms with van der Waals surface area (Å²) in [6.07, 6.45) is 2.98. The second-order valence-electron chi connectivity index (χ2n) is 4.78. The highest BCUT2D eigenvalue weighted by atomic mass is 15.1. The Labute approximate surface area is 118 Å². The van der Waals surface area contributed by atoms with Crippen LogP contribution in [0.4, 0.5) is 5.95 Å². The SMILES string of the molecule is Nc1nc(-c2ccccc2)cn1CCc1ccccc1. The Balaban J connectivity index is 1.76. The zero-order valence-corrected chi connectivity index (χ0v) is 11.2. The summed E-state index contributed by atoms with van der Waals surface area (Å²) in [6, 6.07) is 20.5. The van der Waals surface area contributed by atoms with Gasteiger partial charge >= 0.3 is 0 Å². The molecule has 3 heteroatoms. The summed E-state index contributed by atoms with van der Waals surface area (Å²) in [5.41, 5.74) is 9.32. The van der Waals surface area contributed by atoms with Crippen LogP contribution in [0.5, 0.6) is 0 Å². The molecule has 0 saturated carbocycles. The van der Waals surface area contributed by atoms with E-state index >= 15 is 0 Å². The fourth-order valence-corrected chi connectivity index (χ4v) is 2.25. The molecule has 0 unspecified atom stereocenters. The van der Waals surface area contributed by atoms with Gasteiger partial charge < -0.3 is 10.3 Å². The molecule has 0 aliphatic rings. The maximum atomic E-state index is 5.99. The van der Waals surface area contributed by atoms with Crippen LogP contribution in [0.2, 0.25) is 0 Å². The van der Waals surface area contributed by atoms with Gasteiger partial charge in [0.15, 0.2) is 0 Å². The molecule has 2 N–H and O–H groups in total. The summed E-state index contributed by atoms with van der Waals surface area (Å²) in [6.45, 7) is 0.843. The number of anilines is 1. The van der Waals surface area contributed by atoms with Crippen molar-refractivity contribution in [2.45, 2.75) is 13.0 Å². The second kappa shape index (κ2) is 5.61. The molecule has 100 valence electrons. The molecule has 0 amide bonds. The monoisotopic (exact) mass is 263 g/mol. The van der Waals surface area contributed by atoms with E-state index in [9.17, 15) is 0 Å². The van der Waals surface area contributed by atoms with Crippen molar-refractivity contribution in [2.24, 2.45) is 0 Å². The average Bonchev–Trinajstić information content (AvgIpc) is 2.88. The lowest BCUT2D eigenvalue weighted by Crippen LogP contribution is -2.04. The zero-order chi connectivity index (χ0) is 13.8. The summed E-state index contributed by atoms with van der Waals surface area (Å²) < 4.78 is 2.01. The van der Waals surface area contributed by atoms with Crippen molar-refractivity contribution in [1.82, 2.24) is 9.55 Å². The van der Waals surface area contributed by atoms with E-state index in [1.54, 1.807) is 0 Å². The summed E-state index contributed by atoms with van der Waals surface area (Å²) in [7, 11) is 0. The highest BCUT2D eigenvalue weighted by molar-refractivity contribution is 5.60. The Kier molecular flexibility index (Phi) is 3.50. The van der Waals surface area contributed by atoms with E-state index in [-0.39, 0.29) is 0 Å². The van der Waals surface area contributed by atoms with Crippen LogP contribution in [0, 0.1) is 0 Å². The minimum Gasteiger partial charge on any atom is -0.369 e. The average molecular weight is 263 g/mol. The minimum atomic E-state index is 0.569. The lowest BCUT2D eigenvalue weighted by molar-refractivity contribution is 0.706. The Morgan fingerprint density at radius 1 is 0.900 bits per heavy atom. The third kappa shape index (κ3) is 2.72. The number of rotatable bonds is 4. The molecule has 20 heavy (non-hydrogen) atoms. The first-order chi connectivity index (χ1) is 9.83. The van der Waals surface area contributed by atoms with Gasteiger partial charge in [-0.15, -0.1) is 0 Å². The predicted octanol–water partition coefficient (Wildman–Crippen LogP) is 3.38. The predicted molar refractivity (Wildman–Crippen MR) is 82.2 cm³/mol. The highest BCUT2D eigenvalue weighted by Crippen LogP contribution is 2.19. The van der Waals surface area contributed by atoms with Gasteiger partial charge in [0.1, 0.15) is 0 Å². The lowest BCUT2D eigenvalue weighted by atomic mass is 10.1. The number of aromatic nitrogens is 2. The van der Waals surface area contributed by atoms with E-state index < -0.39 is 0 Å². The summed E-state index contributed by atoms with van der Waals surface area (Å²) in [4.78, 5) is 4.43. The summed E-state index contributed by atoms with van der Waals surface area (Å²) >= 11 is 0. The third-order valence-corrected chi connectivity index (χ3v) is 3.36. The molecule has 3 aromatic rings. The molecular formula is C17H17N3. The molecule has 2 aromatic carbocycles. The van der Waals surface area contributed by atoms with Crippen LogP contribution >= 0.6 is 0 Å². The van der Waals surface area contributed by atoms with Crippen molar-refractivity contribution < 1.29 is 0 Å². The summed E-state index contributed by atoms with van der Waals surface area (Å²) in [5, 5.41) is 0. The van der Waals surface area contributed by atoms with Crippen LogP contribution in [0.3, 0.4) is 0 Å². The Hall–Kier alpha value is -2.55. The van der Waals surface area contributed by atoms with Crippen LogP contribution in [0.15, 0.2) is 66.9 Å². The Morgan fingerprint density at radius 3 is 2.25 bits per heavy atom. The molecule has 0 fully saturated rings. The van der Waals surface area contributed by atoms with Gasteiger partial charge in [-0.2, -0.15) is 0 Å². The normalized spacial score (nSPS) is 10.6. The molecule has 0 aliphatic carbocycles. The molecule has 0 saturated heterocycles. The van der Waals surface area contributed by atoms with E-state index in [0.717, 1.165) is 24.2 Å². The van der Waals surface area contributed by atoms with E-state index in [1.165, 1.54) is 5.56 Å². The Bertz CT molecular complexity index is 672. The highest BCUT2D eigenvalue weighted by Gasteiger charge is 2.06. The molecule has 1 heterocycles. The van der Waals surface area contributed by atoms with Crippen LogP contribution in [0.1, 0.15) is 5.56 Å². The van der Waals surface area contributed by atoms with Crippen LogP contribution in [0.25, 0.3) is 11.3 Å². The first-order valence-corrected chi connectivity index (χ1v) is 6.75. The van der Waals surface area contributed by atoms with Crippen LogP contribution in [-0.2, 0) is 13.0 Å². The van der Waals surface area contributed by atoms with Gasteiger partial charge in [0.2, 0.25) is 5.95 Å². The number of hydrogen-bond donors (Lipinski definition) is 1. The van der Waals surface area contributed by atoms with Crippen molar-refractivity contribution in [3.63, 3.8) is 0 Å². The van der Waals surface area contributed by atoms with Gasteiger partial charge in [-0.1, -0.05) is 60.7 Å². The van der Waals surface area contributed by atoms with Crippen molar-refractivity contribution >= 4 is 5.95 Å². The summed E-state index contributed by atoms with van der Waals surface area (Å²) in [5.74, 6) is 0.569. The molecule has 0 spiro atoms. The van der Waals surface area contributed by atoms with Crippen molar-refractivity contribution in [2.75, 3.05) is 5.73 Å². The number of benzene rings is 2. The first-order valence-electron chi connectivity index (χ1n) is 6.75. The molecule has 0 atom stereocenters. The maximum Gasteiger partial charge on any atom is 0.200 e. The molecule has 0 aliphatic heterocycles. The maximum absolute atomic E-state index is 5.99. The standard InChI is InChI=1S/C17H17N3/c18-17-19-16(15-9-5-2-6-10-15)13-20(17)12-11-14-7-3-1-4-8-14/h1-10,13H,11-12H2,(H2,18,19). The molecule has 3 nitrogen and oxygen atoms in total. The van der Waals surface area contributed by atoms with Gasteiger partial charge in [-0.3, -0.25) is 0 Å². The molecule has 3 rings (SSSR count).